The second kappa shape index (κ2) is 7.54. The van der Waals surface area contributed by atoms with E-state index < -0.39 is 0 Å². The lowest BCUT2D eigenvalue weighted by Gasteiger charge is -2.09. The van der Waals surface area contributed by atoms with Crippen LogP contribution in [0.5, 0.6) is 0 Å². The van der Waals surface area contributed by atoms with E-state index in [1.54, 1.807) is 17.7 Å². The standard InChI is InChI=1S/C15H17N5OS3/c1-4-9-6-10-13(16-7-17-14(10)23-9)22-8(3)12(21)18-15-20-19-11(5-2)24-15/h6-8H,4-5H2,1-3H3,(H,18,20,21). The Kier molecular flexibility index (Phi) is 5.42. The lowest BCUT2D eigenvalue weighted by molar-refractivity contribution is -0.115. The molecule has 0 spiro atoms. The van der Waals surface area contributed by atoms with Gasteiger partial charge in [0, 0.05) is 10.3 Å². The van der Waals surface area contributed by atoms with Crippen LogP contribution in [0.2, 0.25) is 0 Å². The molecule has 0 fully saturated rings. The summed E-state index contributed by atoms with van der Waals surface area (Å²) in [4.78, 5) is 23.3. The summed E-state index contributed by atoms with van der Waals surface area (Å²) in [6.07, 6.45) is 3.34. The molecular formula is C15H17N5OS3. The van der Waals surface area contributed by atoms with Crippen LogP contribution < -0.4 is 5.32 Å². The van der Waals surface area contributed by atoms with E-state index in [1.165, 1.54) is 28.0 Å². The SMILES string of the molecule is CCc1cc2c(SC(C)C(=O)Nc3nnc(CC)s3)ncnc2s1. The maximum atomic E-state index is 12.4. The number of nitrogens with one attached hydrogen (secondary N) is 1. The van der Waals surface area contributed by atoms with E-state index >= 15 is 0 Å². The maximum absolute atomic E-state index is 12.4. The van der Waals surface area contributed by atoms with Gasteiger partial charge in [0.2, 0.25) is 11.0 Å². The Hall–Kier alpha value is -1.58. The van der Waals surface area contributed by atoms with Gasteiger partial charge in [-0.15, -0.1) is 21.5 Å². The highest BCUT2D eigenvalue weighted by molar-refractivity contribution is 8.00. The summed E-state index contributed by atoms with van der Waals surface area (Å²) in [5.74, 6) is -0.100. The van der Waals surface area contributed by atoms with Gasteiger partial charge in [-0.3, -0.25) is 10.1 Å². The summed E-state index contributed by atoms with van der Waals surface area (Å²) in [5.41, 5.74) is 0. The molecule has 0 saturated heterocycles. The van der Waals surface area contributed by atoms with Gasteiger partial charge in [0.1, 0.15) is 21.2 Å². The number of hydrogen-bond donors (Lipinski definition) is 1. The zero-order valence-corrected chi connectivity index (χ0v) is 16.0. The van der Waals surface area contributed by atoms with Crippen molar-refractivity contribution in [2.75, 3.05) is 5.32 Å². The number of amides is 1. The average molecular weight is 380 g/mol. The first-order valence-corrected chi connectivity index (χ1v) is 10.1. The number of nitrogens with zero attached hydrogens (tertiary/aromatic N) is 4. The normalized spacial score (nSPS) is 12.5. The quantitative estimate of drug-likeness (QED) is 0.518. The van der Waals surface area contributed by atoms with Gasteiger partial charge in [0.15, 0.2) is 0 Å². The Labute approximate surface area is 152 Å². The van der Waals surface area contributed by atoms with Gasteiger partial charge in [0.05, 0.1) is 5.25 Å². The van der Waals surface area contributed by atoms with Crippen molar-refractivity contribution < 1.29 is 4.79 Å². The zero-order valence-electron chi connectivity index (χ0n) is 13.6. The fraction of sp³-hybridized carbons (Fsp3) is 0.400. The molecule has 9 heteroatoms. The Morgan fingerprint density at radius 2 is 2.08 bits per heavy atom. The van der Waals surface area contributed by atoms with Crippen molar-refractivity contribution in [1.29, 1.82) is 0 Å². The van der Waals surface area contributed by atoms with Crippen molar-refractivity contribution >= 4 is 55.7 Å². The van der Waals surface area contributed by atoms with E-state index in [0.29, 0.717) is 5.13 Å². The van der Waals surface area contributed by atoms with E-state index in [1.807, 2.05) is 13.8 Å². The van der Waals surface area contributed by atoms with Gasteiger partial charge >= 0.3 is 0 Å². The molecule has 0 saturated carbocycles. The largest absolute Gasteiger partial charge is 0.300 e. The molecule has 6 nitrogen and oxygen atoms in total. The molecule has 1 N–H and O–H groups in total. The molecule has 0 radical (unpaired) electrons. The summed E-state index contributed by atoms with van der Waals surface area (Å²) in [7, 11) is 0. The molecule has 0 bridgehead atoms. The number of carbonyl (C=O) groups excluding carboxylic acids is 1. The molecule has 3 rings (SSSR count). The number of thiophene rings is 1. The van der Waals surface area contributed by atoms with Gasteiger partial charge in [-0.05, 0) is 25.8 Å². The Balaban J connectivity index is 1.73. The van der Waals surface area contributed by atoms with Crippen LogP contribution >= 0.6 is 34.4 Å². The molecule has 1 atom stereocenters. The highest BCUT2D eigenvalue weighted by Gasteiger charge is 2.19. The van der Waals surface area contributed by atoms with Gasteiger partial charge < -0.3 is 0 Å². The lowest BCUT2D eigenvalue weighted by Crippen LogP contribution is -2.22. The summed E-state index contributed by atoms with van der Waals surface area (Å²) >= 11 is 4.52. The molecule has 0 aliphatic carbocycles. The van der Waals surface area contributed by atoms with Crippen molar-refractivity contribution in [2.45, 2.75) is 43.9 Å². The van der Waals surface area contributed by atoms with Crippen LogP contribution in [-0.4, -0.2) is 31.3 Å². The molecular weight excluding hydrogens is 362 g/mol. The Bertz CT molecular complexity index is 860. The molecule has 126 valence electrons. The third-order valence-corrected chi connectivity index (χ3v) is 6.64. The summed E-state index contributed by atoms with van der Waals surface area (Å²) in [6.45, 7) is 5.99. The number of fused-ring (bicyclic) bond motifs is 1. The predicted octanol–water partition coefficient (Wildman–Crippen LogP) is 3.79. The second-order valence-electron chi connectivity index (χ2n) is 5.07. The van der Waals surface area contributed by atoms with Gasteiger partial charge in [0.25, 0.3) is 0 Å². The molecule has 1 amide bonds. The van der Waals surface area contributed by atoms with Gasteiger partial charge in [-0.2, -0.15) is 0 Å². The Morgan fingerprint density at radius 3 is 2.79 bits per heavy atom. The average Bonchev–Trinajstić information content (AvgIpc) is 3.21. The van der Waals surface area contributed by atoms with E-state index in [4.69, 9.17) is 0 Å². The third-order valence-electron chi connectivity index (χ3n) is 3.35. The number of aromatic nitrogens is 4. The van der Waals surface area contributed by atoms with E-state index in [9.17, 15) is 4.79 Å². The molecule has 3 heterocycles. The molecule has 0 aromatic carbocycles. The van der Waals surface area contributed by atoms with Crippen LogP contribution in [0.25, 0.3) is 10.2 Å². The van der Waals surface area contributed by atoms with Crippen LogP contribution in [0.15, 0.2) is 17.4 Å². The summed E-state index contributed by atoms with van der Waals surface area (Å²) < 4.78 is 0. The summed E-state index contributed by atoms with van der Waals surface area (Å²) in [6, 6.07) is 2.12. The van der Waals surface area contributed by atoms with Crippen LogP contribution in [0.4, 0.5) is 5.13 Å². The fourth-order valence-electron chi connectivity index (χ4n) is 2.03. The third kappa shape index (κ3) is 3.73. The minimum atomic E-state index is -0.290. The van der Waals surface area contributed by atoms with Crippen molar-refractivity contribution in [3.63, 3.8) is 0 Å². The number of hydrogen-bond acceptors (Lipinski definition) is 8. The summed E-state index contributed by atoms with van der Waals surface area (Å²) in [5, 5.41) is 13.8. The van der Waals surface area contributed by atoms with Crippen molar-refractivity contribution in [1.82, 2.24) is 20.2 Å². The van der Waals surface area contributed by atoms with E-state index in [-0.39, 0.29) is 11.2 Å². The number of aryl methyl sites for hydroxylation is 2. The van der Waals surface area contributed by atoms with Gasteiger partial charge in [-0.1, -0.05) is 36.9 Å². The topological polar surface area (TPSA) is 80.7 Å². The monoisotopic (exact) mass is 379 g/mol. The van der Waals surface area contributed by atoms with Gasteiger partial charge in [-0.25, -0.2) is 9.97 Å². The van der Waals surface area contributed by atoms with Crippen LogP contribution in [-0.2, 0) is 17.6 Å². The number of rotatable bonds is 6. The lowest BCUT2D eigenvalue weighted by atomic mass is 10.3. The minimum absolute atomic E-state index is 0.100. The second-order valence-corrected chi connectivity index (χ2v) is 8.57. The number of thioether (sulfide) groups is 1. The highest BCUT2D eigenvalue weighted by Crippen LogP contribution is 2.33. The zero-order chi connectivity index (χ0) is 17.1. The Morgan fingerprint density at radius 1 is 1.25 bits per heavy atom. The highest BCUT2D eigenvalue weighted by atomic mass is 32.2. The number of carbonyl (C=O) groups is 1. The fourth-order valence-corrected chi connectivity index (χ4v) is 4.60. The van der Waals surface area contributed by atoms with Crippen LogP contribution in [0, 0.1) is 0 Å². The van der Waals surface area contributed by atoms with E-state index in [2.05, 4.69) is 38.5 Å². The smallest absolute Gasteiger partial charge is 0.239 e. The predicted molar refractivity (Wildman–Crippen MR) is 100 cm³/mol. The molecule has 1 unspecified atom stereocenters. The van der Waals surface area contributed by atoms with Crippen molar-refractivity contribution in [2.24, 2.45) is 0 Å². The number of anilines is 1. The maximum Gasteiger partial charge on any atom is 0.239 e. The first-order chi connectivity index (χ1) is 11.6. The molecule has 24 heavy (non-hydrogen) atoms. The molecule has 0 aliphatic heterocycles. The van der Waals surface area contributed by atoms with Crippen molar-refractivity contribution in [3.05, 3.63) is 22.3 Å². The van der Waals surface area contributed by atoms with E-state index in [0.717, 1.165) is 33.1 Å². The minimum Gasteiger partial charge on any atom is -0.300 e. The molecule has 3 aromatic rings. The molecule has 0 aliphatic rings. The van der Waals surface area contributed by atoms with Crippen molar-refractivity contribution in [3.8, 4) is 0 Å². The van der Waals surface area contributed by atoms with Crippen LogP contribution in [0.1, 0.15) is 30.7 Å². The first-order valence-electron chi connectivity index (χ1n) is 7.64. The molecule has 3 aromatic heterocycles. The van der Waals surface area contributed by atoms with Crippen LogP contribution in [0.3, 0.4) is 0 Å². The first kappa shape index (κ1) is 17.2.